The minimum atomic E-state index is -0.124. The fraction of sp³-hybridized carbons (Fsp3) is 0.455. The molecule has 0 unspecified atom stereocenters. The predicted octanol–water partition coefficient (Wildman–Crippen LogP) is 3.70. The van der Waals surface area contributed by atoms with Gasteiger partial charge in [-0.3, -0.25) is 0 Å². The molecule has 0 fully saturated rings. The molecule has 0 aliphatic carbocycles. The molecule has 0 heterocycles. The first-order valence-corrected chi connectivity index (χ1v) is 5.08. The summed E-state index contributed by atoms with van der Waals surface area (Å²) in [6.07, 6.45) is 3.10. The third kappa shape index (κ3) is 3.35. The second-order valence-corrected chi connectivity index (χ2v) is 3.61. The highest BCUT2D eigenvalue weighted by atomic mass is 35.5. The van der Waals surface area contributed by atoms with E-state index in [1.54, 1.807) is 6.92 Å². The summed E-state index contributed by atoms with van der Waals surface area (Å²) < 4.78 is 12.9. The zero-order chi connectivity index (χ0) is 9.68. The van der Waals surface area contributed by atoms with E-state index in [0.29, 0.717) is 5.88 Å². The van der Waals surface area contributed by atoms with Gasteiger partial charge < -0.3 is 0 Å². The maximum absolute atomic E-state index is 12.9. The molecular formula is C11H14ClF. The maximum atomic E-state index is 12.9. The third-order valence-electron chi connectivity index (χ3n) is 2.07. The van der Waals surface area contributed by atoms with E-state index in [1.807, 2.05) is 12.1 Å². The first-order chi connectivity index (χ1) is 6.24. The molecule has 1 aromatic carbocycles. The molecule has 0 N–H and O–H groups in total. The molecule has 0 saturated carbocycles. The standard InChI is InChI=1S/C11H14ClF/c1-9-8-10(4-2-3-7-12)5-6-11(9)13/h5-6,8H,2-4,7H2,1H3. The Kier molecular flexibility index (Phi) is 4.23. The molecule has 2 heteroatoms. The molecule has 1 rings (SSSR count). The molecule has 0 amide bonds. The van der Waals surface area contributed by atoms with E-state index in [1.165, 1.54) is 11.6 Å². The number of alkyl halides is 1. The smallest absolute Gasteiger partial charge is 0.126 e. The number of hydrogen-bond acceptors (Lipinski definition) is 0. The van der Waals surface area contributed by atoms with Gasteiger partial charge in [0, 0.05) is 5.88 Å². The fourth-order valence-corrected chi connectivity index (χ4v) is 1.47. The van der Waals surface area contributed by atoms with Crippen LogP contribution in [-0.2, 0) is 6.42 Å². The van der Waals surface area contributed by atoms with E-state index < -0.39 is 0 Å². The predicted molar refractivity (Wildman–Crippen MR) is 54.8 cm³/mol. The lowest BCUT2D eigenvalue weighted by atomic mass is 10.1. The lowest BCUT2D eigenvalue weighted by Gasteiger charge is -2.02. The largest absolute Gasteiger partial charge is 0.207 e. The molecule has 0 aliphatic rings. The van der Waals surface area contributed by atoms with Gasteiger partial charge in [-0.15, -0.1) is 11.6 Å². The Hall–Kier alpha value is -0.560. The summed E-state index contributed by atoms with van der Waals surface area (Å²) in [5.41, 5.74) is 1.92. The molecule has 0 saturated heterocycles. The van der Waals surface area contributed by atoms with E-state index in [0.717, 1.165) is 24.8 Å². The molecule has 1 aromatic rings. The Morgan fingerprint density at radius 1 is 1.31 bits per heavy atom. The Bertz CT molecular complexity index is 271. The monoisotopic (exact) mass is 200 g/mol. The molecular weight excluding hydrogens is 187 g/mol. The molecule has 0 aromatic heterocycles. The van der Waals surface area contributed by atoms with Crippen LogP contribution in [-0.4, -0.2) is 5.88 Å². The molecule has 0 radical (unpaired) electrons. The molecule has 0 nitrogen and oxygen atoms in total. The normalized spacial score (nSPS) is 10.4. The highest BCUT2D eigenvalue weighted by molar-refractivity contribution is 6.17. The van der Waals surface area contributed by atoms with Crippen molar-refractivity contribution in [2.75, 3.05) is 5.88 Å². The molecule has 0 atom stereocenters. The summed E-state index contributed by atoms with van der Waals surface area (Å²) in [6, 6.07) is 5.28. The van der Waals surface area contributed by atoms with Crippen LogP contribution < -0.4 is 0 Å². The molecule has 72 valence electrons. The van der Waals surface area contributed by atoms with Crippen molar-refractivity contribution in [3.05, 3.63) is 35.1 Å². The summed E-state index contributed by atoms with van der Waals surface area (Å²) in [5.74, 6) is 0.585. The zero-order valence-electron chi connectivity index (χ0n) is 7.82. The first kappa shape index (κ1) is 10.5. The van der Waals surface area contributed by atoms with Gasteiger partial charge in [0.1, 0.15) is 5.82 Å². The van der Waals surface area contributed by atoms with E-state index in [9.17, 15) is 4.39 Å². The second-order valence-electron chi connectivity index (χ2n) is 3.23. The number of aryl methyl sites for hydroxylation is 2. The van der Waals surface area contributed by atoms with Gasteiger partial charge in [-0.1, -0.05) is 12.1 Å². The van der Waals surface area contributed by atoms with Gasteiger partial charge in [0.2, 0.25) is 0 Å². The Morgan fingerprint density at radius 3 is 2.69 bits per heavy atom. The van der Waals surface area contributed by atoms with E-state index >= 15 is 0 Å². The minimum absolute atomic E-state index is 0.124. The summed E-state index contributed by atoms with van der Waals surface area (Å²) in [6.45, 7) is 1.79. The average Bonchev–Trinajstić information content (AvgIpc) is 2.12. The van der Waals surface area contributed by atoms with Crippen molar-refractivity contribution < 1.29 is 4.39 Å². The second kappa shape index (κ2) is 5.23. The number of benzene rings is 1. The molecule has 0 spiro atoms. The van der Waals surface area contributed by atoms with Crippen molar-refractivity contribution >= 4 is 11.6 Å². The summed E-state index contributed by atoms with van der Waals surface area (Å²) in [4.78, 5) is 0. The Morgan fingerprint density at radius 2 is 2.08 bits per heavy atom. The SMILES string of the molecule is Cc1cc(CCCCCl)ccc1F. The average molecular weight is 201 g/mol. The minimum Gasteiger partial charge on any atom is -0.207 e. The van der Waals surface area contributed by atoms with Gasteiger partial charge in [-0.2, -0.15) is 0 Å². The van der Waals surface area contributed by atoms with Crippen molar-refractivity contribution in [3.8, 4) is 0 Å². The van der Waals surface area contributed by atoms with Crippen LogP contribution in [0.4, 0.5) is 4.39 Å². The third-order valence-corrected chi connectivity index (χ3v) is 2.34. The van der Waals surface area contributed by atoms with Crippen molar-refractivity contribution in [2.45, 2.75) is 26.2 Å². The topological polar surface area (TPSA) is 0 Å². The lowest BCUT2D eigenvalue weighted by molar-refractivity contribution is 0.617. The Labute approximate surface area is 83.7 Å². The van der Waals surface area contributed by atoms with Crippen molar-refractivity contribution in [1.82, 2.24) is 0 Å². The van der Waals surface area contributed by atoms with Gasteiger partial charge in [0.05, 0.1) is 0 Å². The number of hydrogen-bond donors (Lipinski definition) is 0. The highest BCUT2D eigenvalue weighted by Crippen LogP contribution is 2.11. The quantitative estimate of drug-likeness (QED) is 0.514. The molecule has 0 bridgehead atoms. The van der Waals surface area contributed by atoms with Gasteiger partial charge in [-0.05, 0) is 43.4 Å². The first-order valence-electron chi connectivity index (χ1n) is 4.55. The Balaban J connectivity index is 2.53. The zero-order valence-corrected chi connectivity index (χ0v) is 8.57. The van der Waals surface area contributed by atoms with Gasteiger partial charge in [-0.25, -0.2) is 4.39 Å². The van der Waals surface area contributed by atoms with Gasteiger partial charge in [0.25, 0.3) is 0 Å². The van der Waals surface area contributed by atoms with Crippen LogP contribution in [0.25, 0.3) is 0 Å². The lowest BCUT2D eigenvalue weighted by Crippen LogP contribution is -1.89. The number of rotatable bonds is 4. The van der Waals surface area contributed by atoms with Crippen molar-refractivity contribution in [1.29, 1.82) is 0 Å². The molecule has 0 aliphatic heterocycles. The van der Waals surface area contributed by atoms with Crippen LogP contribution in [0.1, 0.15) is 24.0 Å². The van der Waals surface area contributed by atoms with Crippen LogP contribution in [0.5, 0.6) is 0 Å². The highest BCUT2D eigenvalue weighted by Gasteiger charge is 1.98. The van der Waals surface area contributed by atoms with E-state index in [4.69, 9.17) is 11.6 Å². The van der Waals surface area contributed by atoms with E-state index in [2.05, 4.69) is 0 Å². The van der Waals surface area contributed by atoms with Crippen molar-refractivity contribution in [3.63, 3.8) is 0 Å². The van der Waals surface area contributed by atoms with Crippen LogP contribution in [0.3, 0.4) is 0 Å². The summed E-state index contributed by atoms with van der Waals surface area (Å²) >= 11 is 5.56. The van der Waals surface area contributed by atoms with Crippen LogP contribution in [0.2, 0.25) is 0 Å². The molecule has 13 heavy (non-hydrogen) atoms. The van der Waals surface area contributed by atoms with Crippen LogP contribution in [0, 0.1) is 12.7 Å². The van der Waals surface area contributed by atoms with Crippen LogP contribution in [0.15, 0.2) is 18.2 Å². The van der Waals surface area contributed by atoms with Crippen LogP contribution >= 0.6 is 11.6 Å². The number of halogens is 2. The van der Waals surface area contributed by atoms with Crippen molar-refractivity contribution in [2.24, 2.45) is 0 Å². The summed E-state index contributed by atoms with van der Waals surface area (Å²) in [7, 11) is 0. The van der Waals surface area contributed by atoms with Gasteiger partial charge in [0.15, 0.2) is 0 Å². The van der Waals surface area contributed by atoms with Gasteiger partial charge >= 0.3 is 0 Å². The maximum Gasteiger partial charge on any atom is 0.126 e. The summed E-state index contributed by atoms with van der Waals surface area (Å²) in [5, 5.41) is 0. The number of unbranched alkanes of at least 4 members (excludes halogenated alkanes) is 1. The van der Waals surface area contributed by atoms with E-state index in [-0.39, 0.29) is 5.82 Å². The fourth-order valence-electron chi connectivity index (χ4n) is 1.29.